The van der Waals surface area contributed by atoms with Gasteiger partial charge in [-0.25, -0.2) is 0 Å². The summed E-state index contributed by atoms with van der Waals surface area (Å²) >= 11 is 0. The quantitative estimate of drug-likeness (QED) is 0.244. The summed E-state index contributed by atoms with van der Waals surface area (Å²) in [5, 5.41) is 27.4. The van der Waals surface area contributed by atoms with Crippen molar-refractivity contribution in [3.8, 4) is 5.75 Å². The lowest BCUT2D eigenvalue weighted by Gasteiger charge is -1.87. The van der Waals surface area contributed by atoms with E-state index in [1.165, 1.54) is 0 Å². The average molecular weight is 253 g/mol. The molecule has 1 N–H and O–H groups in total. The Balaban J connectivity index is 0. The van der Waals surface area contributed by atoms with Gasteiger partial charge in [0.05, 0.1) is 4.92 Å². The number of benzene rings is 1. The molecular formula is C6H4BF4N3O3. The molecule has 0 heterocycles. The monoisotopic (exact) mass is 253 g/mol. The molecule has 0 amide bonds. The standard InChI is InChI=1S/C6H3N3O3.BF3.FH/c7-8-5-3-4(9(11)12)1-2-6(5)10;2-1(3)4;/h1-3H;;1H. The van der Waals surface area contributed by atoms with E-state index in [2.05, 4.69) is 4.98 Å². The third-order valence-corrected chi connectivity index (χ3v) is 1.28. The summed E-state index contributed by atoms with van der Waals surface area (Å²) in [6.45, 7) is 0. The Morgan fingerprint density at radius 1 is 1.41 bits per heavy atom. The van der Waals surface area contributed by atoms with Crippen LogP contribution in [-0.4, -0.2) is 17.6 Å². The molecule has 92 valence electrons. The minimum absolute atomic E-state index is 0. The van der Waals surface area contributed by atoms with E-state index in [0.29, 0.717) is 0 Å². The van der Waals surface area contributed by atoms with Gasteiger partial charge < -0.3 is 9.81 Å². The summed E-state index contributed by atoms with van der Waals surface area (Å²) in [7, 11) is -3.67. The number of halogens is 4. The molecule has 0 aliphatic rings. The highest BCUT2D eigenvalue weighted by molar-refractivity contribution is 6.33. The Hall–Kier alpha value is -2.38. The molecule has 0 atom stereocenters. The lowest BCUT2D eigenvalue weighted by Crippen LogP contribution is -3.00. The third kappa shape index (κ3) is 6.66. The highest BCUT2D eigenvalue weighted by Gasteiger charge is 2.18. The summed E-state index contributed by atoms with van der Waals surface area (Å²) in [6, 6.07) is 3.17. The fraction of sp³-hybridized carbons (Fsp3) is 0. The van der Waals surface area contributed by atoms with E-state index in [9.17, 15) is 23.1 Å². The maximum absolute atomic E-state index is 10.2. The normalized spacial score (nSPS) is 7.88. The van der Waals surface area contributed by atoms with E-state index in [1.54, 1.807) is 0 Å². The van der Waals surface area contributed by atoms with Crippen LogP contribution in [0.1, 0.15) is 0 Å². The highest BCUT2D eigenvalue weighted by atomic mass is 19.4. The minimum Gasteiger partial charge on any atom is -1.00 e. The molecule has 0 bridgehead atoms. The van der Waals surface area contributed by atoms with Gasteiger partial charge in [-0.2, -0.15) is 0 Å². The lowest BCUT2D eigenvalue weighted by molar-refractivity contribution is -0.384. The number of hydrogen-bond donors (Lipinski definition) is 1. The molecule has 0 aromatic heterocycles. The van der Waals surface area contributed by atoms with Gasteiger partial charge in [0.15, 0.2) is 4.98 Å². The second kappa shape index (κ2) is 7.86. The molecule has 0 aliphatic carbocycles. The minimum atomic E-state index is -3.67. The predicted octanol–water partition coefficient (Wildman–Crippen LogP) is -0.331. The van der Waals surface area contributed by atoms with Crippen molar-refractivity contribution in [2.24, 2.45) is 0 Å². The molecule has 0 radical (unpaired) electrons. The molecule has 0 unspecified atom stereocenters. The average Bonchev–Trinajstić information content (AvgIpc) is 2.17. The van der Waals surface area contributed by atoms with Crippen molar-refractivity contribution in [2.75, 3.05) is 0 Å². The van der Waals surface area contributed by atoms with Gasteiger partial charge in [0, 0.05) is 6.07 Å². The van der Waals surface area contributed by atoms with Crippen LogP contribution < -0.4 is 4.70 Å². The molecule has 11 heteroatoms. The van der Waals surface area contributed by atoms with Crippen LogP contribution >= 0.6 is 0 Å². The van der Waals surface area contributed by atoms with Crippen LogP contribution in [0, 0.1) is 15.5 Å². The van der Waals surface area contributed by atoms with E-state index in [0.717, 1.165) is 18.2 Å². The van der Waals surface area contributed by atoms with Gasteiger partial charge in [-0.1, -0.05) is 0 Å². The second-order valence-corrected chi connectivity index (χ2v) is 2.28. The molecule has 17 heavy (non-hydrogen) atoms. The Labute approximate surface area is 92.0 Å². The van der Waals surface area contributed by atoms with Gasteiger partial charge in [0.1, 0.15) is 6.07 Å². The van der Waals surface area contributed by atoms with Crippen LogP contribution in [0.15, 0.2) is 18.2 Å². The maximum atomic E-state index is 10.2. The first-order valence-electron chi connectivity index (χ1n) is 3.63. The van der Waals surface area contributed by atoms with Crippen LogP contribution in [0.2, 0.25) is 0 Å². The van der Waals surface area contributed by atoms with Crippen molar-refractivity contribution >= 4 is 18.9 Å². The Kier molecular flexibility index (Phi) is 7.87. The van der Waals surface area contributed by atoms with E-state index in [1.807, 2.05) is 0 Å². The number of nitro benzene ring substituents is 1. The van der Waals surface area contributed by atoms with Gasteiger partial charge in [0.25, 0.3) is 5.69 Å². The van der Waals surface area contributed by atoms with Crippen molar-refractivity contribution in [2.45, 2.75) is 0 Å². The Morgan fingerprint density at radius 2 is 1.88 bits per heavy atom. The number of aromatic hydroxyl groups is 1. The molecule has 0 spiro atoms. The van der Waals surface area contributed by atoms with Crippen molar-refractivity contribution in [1.82, 2.24) is 0 Å². The van der Waals surface area contributed by atoms with Crippen molar-refractivity contribution in [3.05, 3.63) is 33.3 Å². The summed E-state index contributed by atoms with van der Waals surface area (Å²) in [5.41, 5.74) is -0.454. The maximum Gasteiger partial charge on any atom is 0.762 e. The summed E-state index contributed by atoms with van der Waals surface area (Å²) in [5.74, 6) is -0.303. The molecule has 0 fully saturated rings. The zero-order chi connectivity index (χ0) is 12.7. The first kappa shape index (κ1) is 17.0. The smallest absolute Gasteiger partial charge is 0.762 e. The Morgan fingerprint density at radius 3 is 2.24 bits per heavy atom. The predicted molar refractivity (Wildman–Crippen MR) is 48.6 cm³/mol. The topological polar surface area (TPSA) is 91.5 Å². The van der Waals surface area contributed by atoms with E-state index < -0.39 is 12.5 Å². The number of phenols is 1. The van der Waals surface area contributed by atoms with Crippen LogP contribution in [-0.2, 0) is 0 Å². The largest absolute Gasteiger partial charge is 1.00 e. The number of diazo groups is 1. The van der Waals surface area contributed by atoms with Gasteiger partial charge >= 0.3 is 13.2 Å². The highest BCUT2D eigenvalue weighted by Crippen LogP contribution is 2.29. The fourth-order valence-corrected chi connectivity index (χ4v) is 0.705. The van der Waals surface area contributed by atoms with Crippen LogP contribution in [0.4, 0.5) is 24.3 Å². The molecule has 1 aromatic carbocycles. The molecule has 6 nitrogen and oxygen atoms in total. The van der Waals surface area contributed by atoms with Crippen molar-refractivity contribution in [1.29, 1.82) is 5.39 Å². The number of non-ortho nitro benzene ring substituents is 1. The van der Waals surface area contributed by atoms with Crippen molar-refractivity contribution in [3.63, 3.8) is 0 Å². The van der Waals surface area contributed by atoms with Crippen LogP contribution in [0.3, 0.4) is 0 Å². The summed E-state index contributed by atoms with van der Waals surface area (Å²) in [4.78, 5) is 12.2. The molecular weight excluding hydrogens is 249 g/mol. The first-order chi connectivity index (χ1) is 7.38. The number of hydrogen-bond acceptors (Lipinski definition) is 4. The SMILES string of the molecule is FB(F)F.N#[N+]c1cc([N+](=O)[O-])ccc1O.[F-]. The first-order valence-corrected chi connectivity index (χ1v) is 3.63. The molecule has 1 rings (SSSR count). The molecule has 0 saturated carbocycles. The van der Waals surface area contributed by atoms with E-state index in [4.69, 9.17) is 10.5 Å². The summed E-state index contributed by atoms with van der Waals surface area (Å²) < 4.78 is 29.0. The Bertz CT molecular complexity index is 423. The van der Waals surface area contributed by atoms with Crippen molar-refractivity contribution < 1.29 is 27.7 Å². The molecule has 0 saturated heterocycles. The summed E-state index contributed by atoms with van der Waals surface area (Å²) in [6.07, 6.45) is 0. The number of phenolic OH excluding ortho intramolecular Hbond substituents is 1. The van der Waals surface area contributed by atoms with Gasteiger partial charge in [-0.3, -0.25) is 23.1 Å². The zero-order valence-electron chi connectivity index (χ0n) is 7.93. The van der Waals surface area contributed by atoms with Gasteiger partial charge in [0.2, 0.25) is 11.1 Å². The number of nitrogens with zero attached hydrogens (tertiary/aromatic N) is 3. The van der Waals surface area contributed by atoms with Gasteiger partial charge in [-0.05, 0) is 6.07 Å². The van der Waals surface area contributed by atoms with E-state index >= 15 is 0 Å². The van der Waals surface area contributed by atoms with E-state index in [-0.39, 0.29) is 21.8 Å². The van der Waals surface area contributed by atoms with Gasteiger partial charge in [-0.15, -0.1) is 0 Å². The van der Waals surface area contributed by atoms with Crippen LogP contribution in [0.25, 0.3) is 4.98 Å². The molecule has 0 aliphatic heterocycles. The third-order valence-electron chi connectivity index (χ3n) is 1.28. The second-order valence-electron chi connectivity index (χ2n) is 2.28. The van der Waals surface area contributed by atoms with Crippen LogP contribution in [0.5, 0.6) is 5.75 Å². The number of rotatable bonds is 1. The lowest BCUT2D eigenvalue weighted by atomic mass is 10.2. The fourth-order valence-electron chi connectivity index (χ4n) is 0.705. The zero-order valence-corrected chi connectivity index (χ0v) is 7.93. The number of nitro groups is 1. The molecule has 1 aromatic rings.